The van der Waals surface area contributed by atoms with Gasteiger partial charge in [-0.3, -0.25) is 4.31 Å². The van der Waals surface area contributed by atoms with Crippen molar-refractivity contribution < 1.29 is 8.42 Å². The molecule has 0 amide bonds. The van der Waals surface area contributed by atoms with E-state index in [4.69, 9.17) is 5.73 Å². The predicted octanol–water partition coefficient (Wildman–Crippen LogP) is -0.952. The highest BCUT2D eigenvalue weighted by Gasteiger charge is 2.15. The second kappa shape index (κ2) is 1.98. The van der Waals surface area contributed by atoms with Gasteiger partial charge in [0, 0.05) is 13.2 Å². The maximum Gasteiger partial charge on any atom is 0.345 e. The zero-order valence-electron chi connectivity index (χ0n) is 5.35. The molecule has 1 heterocycles. The summed E-state index contributed by atoms with van der Waals surface area (Å²) in [5, 5.41) is 0. The number of hydrogen-bond donors (Lipinski definition) is 1. The van der Waals surface area contributed by atoms with Crippen LogP contribution in [0.3, 0.4) is 0 Å². The topological polar surface area (TPSA) is 75.8 Å². The Bertz CT molecular complexity index is 290. The molecular formula is C4H7N3O2S. The minimum Gasteiger partial charge on any atom is -0.383 e. The molecule has 1 aliphatic rings. The first-order chi connectivity index (χ1) is 4.52. The van der Waals surface area contributed by atoms with E-state index < -0.39 is 10.2 Å². The zero-order chi connectivity index (χ0) is 7.78. The first-order valence-corrected chi connectivity index (χ1v) is 3.94. The van der Waals surface area contributed by atoms with Crippen molar-refractivity contribution in [3.8, 4) is 0 Å². The fourth-order valence-corrected chi connectivity index (χ4v) is 1.16. The van der Waals surface area contributed by atoms with Crippen molar-refractivity contribution in [2.24, 2.45) is 10.1 Å². The molecule has 0 aromatic heterocycles. The van der Waals surface area contributed by atoms with Crippen LogP contribution in [0.2, 0.25) is 0 Å². The number of nitrogens with two attached hydrogens (primary N) is 1. The molecular weight excluding hydrogens is 154 g/mol. The van der Waals surface area contributed by atoms with Crippen LogP contribution in [0, 0.1) is 0 Å². The molecule has 0 aromatic rings. The van der Waals surface area contributed by atoms with E-state index in [1.165, 1.54) is 19.3 Å². The van der Waals surface area contributed by atoms with Crippen LogP contribution >= 0.6 is 0 Å². The molecule has 2 N–H and O–H groups in total. The summed E-state index contributed by atoms with van der Waals surface area (Å²) in [7, 11) is -2.11. The molecule has 0 atom stereocenters. The average molecular weight is 161 g/mol. The predicted molar refractivity (Wildman–Crippen MR) is 37.4 cm³/mol. The van der Waals surface area contributed by atoms with Crippen molar-refractivity contribution in [1.29, 1.82) is 0 Å². The van der Waals surface area contributed by atoms with Gasteiger partial charge in [0.05, 0.1) is 0 Å². The first kappa shape index (κ1) is 7.07. The second-order valence-corrected chi connectivity index (χ2v) is 3.48. The van der Waals surface area contributed by atoms with Gasteiger partial charge in [-0.05, 0) is 6.08 Å². The summed E-state index contributed by atoms with van der Waals surface area (Å²) in [6.45, 7) is 0. The van der Waals surface area contributed by atoms with E-state index in [0.717, 1.165) is 4.31 Å². The highest BCUT2D eigenvalue weighted by molar-refractivity contribution is 7.88. The van der Waals surface area contributed by atoms with Gasteiger partial charge in [-0.1, -0.05) is 0 Å². The van der Waals surface area contributed by atoms with Gasteiger partial charge in [-0.25, -0.2) is 0 Å². The molecule has 0 saturated carbocycles. The maximum absolute atomic E-state index is 10.8. The van der Waals surface area contributed by atoms with Crippen LogP contribution < -0.4 is 5.73 Å². The molecule has 0 spiro atoms. The van der Waals surface area contributed by atoms with E-state index in [1.54, 1.807) is 0 Å². The van der Waals surface area contributed by atoms with Gasteiger partial charge < -0.3 is 5.73 Å². The number of nitrogens with zero attached hydrogens (tertiary/aromatic N) is 2. The molecule has 0 aromatic carbocycles. The van der Waals surface area contributed by atoms with Crippen molar-refractivity contribution in [3.05, 3.63) is 12.3 Å². The molecule has 10 heavy (non-hydrogen) atoms. The van der Waals surface area contributed by atoms with E-state index in [2.05, 4.69) is 4.40 Å². The third-order valence-electron chi connectivity index (χ3n) is 1.04. The monoisotopic (exact) mass is 161 g/mol. The first-order valence-electron chi connectivity index (χ1n) is 2.54. The Morgan fingerprint density at radius 3 is 2.70 bits per heavy atom. The Labute approximate surface area is 59.0 Å². The SMILES string of the molecule is CN1C=CC(N)=NS1(=O)=O. The molecule has 0 bridgehead atoms. The molecule has 56 valence electrons. The smallest absolute Gasteiger partial charge is 0.345 e. The van der Waals surface area contributed by atoms with Crippen LogP contribution in [0.1, 0.15) is 0 Å². The summed E-state index contributed by atoms with van der Waals surface area (Å²) in [6, 6.07) is 0. The highest BCUT2D eigenvalue weighted by atomic mass is 32.2. The van der Waals surface area contributed by atoms with Crippen LogP contribution in [0.15, 0.2) is 16.7 Å². The van der Waals surface area contributed by atoms with Crippen molar-refractivity contribution in [2.45, 2.75) is 0 Å². The summed E-state index contributed by atoms with van der Waals surface area (Å²) < 4.78 is 25.8. The van der Waals surface area contributed by atoms with Crippen molar-refractivity contribution in [3.63, 3.8) is 0 Å². The highest BCUT2D eigenvalue weighted by Crippen LogP contribution is 2.04. The lowest BCUT2D eigenvalue weighted by Gasteiger charge is -2.13. The summed E-state index contributed by atoms with van der Waals surface area (Å²) >= 11 is 0. The van der Waals surface area contributed by atoms with Gasteiger partial charge in [-0.15, -0.1) is 4.40 Å². The molecule has 0 aliphatic carbocycles. The Morgan fingerprint density at radius 2 is 2.30 bits per heavy atom. The average Bonchev–Trinajstić information content (AvgIpc) is 1.78. The molecule has 5 nitrogen and oxygen atoms in total. The molecule has 1 rings (SSSR count). The fourth-order valence-electron chi connectivity index (χ4n) is 0.486. The Morgan fingerprint density at radius 1 is 1.70 bits per heavy atom. The summed E-state index contributed by atoms with van der Waals surface area (Å²) in [6.07, 6.45) is 2.76. The van der Waals surface area contributed by atoms with Crippen molar-refractivity contribution in [2.75, 3.05) is 7.05 Å². The quantitative estimate of drug-likeness (QED) is 0.497. The Hall–Kier alpha value is -1.04. The molecule has 0 saturated heterocycles. The molecule has 0 fully saturated rings. The second-order valence-electron chi connectivity index (χ2n) is 1.83. The third-order valence-corrected chi connectivity index (χ3v) is 2.33. The van der Waals surface area contributed by atoms with Gasteiger partial charge in [0.2, 0.25) is 0 Å². The van der Waals surface area contributed by atoms with Crippen LogP contribution in [-0.2, 0) is 10.2 Å². The minimum absolute atomic E-state index is 0.0121. The van der Waals surface area contributed by atoms with Crippen molar-refractivity contribution >= 4 is 16.0 Å². The van der Waals surface area contributed by atoms with Crippen LogP contribution in [0.5, 0.6) is 0 Å². The lowest BCUT2D eigenvalue weighted by molar-refractivity contribution is 0.540. The van der Waals surface area contributed by atoms with Crippen molar-refractivity contribution in [1.82, 2.24) is 4.31 Å². The van der Waals surface area contributed by atoms with Gasteiger partial charge in [-0.2, -0.15) is 8.42 Å². The fraction of sp³-hybridized carbons (Fsp3) is 0.250. The van der Waals surface area contributed by atoms with E-state index in [1.807, 2.05) is 0 Å². The summed E-state index contributed by atoms with van der Waals surface area (Å²) in [4.78, 5) is 0. The largest absolute Gasteiger partial charge is 0.383 e. The lowest BCUT2D eigenvalue weighted by Crippen LogP contribution is -2.26. The molecule has 0 unspecified atom stereocenters. The van der Waals surface area contributed by atoms with Gasteiger partial charge in [0.15, 0.2) is 0 Å². The van der Waals surface area contributed by atoms with Gasteiger partial charge in [0.25, 0.3) is 0 Å². The summed E-state index contributed by atoms with van der Waals surface area (Å²) in [5.41, 5.74) is 5.13. The molecule has 1 aliphatic heterocycles. The van der Waals surface area contributed by atoms with E-state index >= 15 is 0 Å². The molecule has 0 radical (unpaired) electrons. The maximum atomic E-state index is 10.8. The normalized spacial score (nSPS) is 22.5. The number of rotatable bonds is 0. The van der Waals surface area contributed by atoms with E-state index in [-0.39, 0.29) is 5.84 Å². The van der Waals surface area contributed by atoms with Crippen LogP contribution in [-0.4, -0.2) is 25.6 Å². The third kappa shape index (κ3) is 1.10. The Kier molecular flexibility index (Phi) is 1.40. The van der Waals surface area contributed by atoms with E-state index in [0.29, 0.717) is 0 Å². The van der Waals surface area contributed by atoms with Gasteiger partial charge in [0.1, 0.15) is 5.84 Å². The van der Waals surface area contributed by atoms with Crippen LogP contribution in [0.4, 0.5) is 0 Å². The standard InChI is InChI=1S/C4H7N3O2S/c1-7-3-2-4(5)6-10(7,8)9/h2-3H,1H3,(H2,5,6). The van der Waals surface area contributed by atoms with Crippen LogP contribution in [0.25, 0.3) is 0 Å². The minimum atomic E-state index is -3.50. The lowest BCUT2D eigenvalue weighted by atomic mass is 10.6. The number of amidine groups is 1. The Balaban J connectivity index is 3.12. The van der Waals surface area contributed by atoms with Gasteiger partial charge >= 0.3 is 10.2 Å². The number of hydrogen-bond acceptors (Lipinski definition) is 3. The summed E-state index contributed by atoms with van der Waals surface area (Å²) in [5.74, 6) is 0.0121. The van der Waals surface area contributed by atoms with E-state index in [9.17, 15) is 8.42 Å². The zero-order valence-corrected chi connectivity index (χ0v) is 6.17. The molecule has 6 heteroatoms.